The average Bonchev–Trinajstić information content (AvgIpc) is 3.12. The van der Waals surface area contributed by atoms with Crippen molar-refractivity contribution in [2.24, 2.45) is 5.92 Å². The van der Waals surface area contributed by atoms with Crippen LogP contribution in [0.4, 0.5) is 0 Å². The van der Waals surface area contributed by atoms with Gasteiger partial charge in [-0.1, -0.05) is 29.8 Å². The third kappa shape index (κ3) is 5.83. The fourth-order valence-electron chi connectivity index (χ4n) is 5.52. The van der Waals surface area contributed by atoms with E-state index in [1.54, 1.807) is 13.2 Å². The van der Waals surface area contributed by atoms with E-state index in [1.165, 1.54) is 22.9 Å². The number of ether oxygens (including phenoxy) is 2. The Morgan fingerprint density at radius 2 is 1.91 bits per heavy atom. The van der Waals surface area contributed by atoms with Gasteiger partial charge in [0.2, 0.25) is 5.91 Å². The maximum Gasteiger partial charge on any atom is 0.240 e. The zero-order valence-corrected chi connectivity index (χ0v) is 21.9. The summed E-state index contributed by atoms with van der Waals surface area (Å²) >= 11 is 7.64. The molecule has 1 amide bonds. The molecule has 8 nitrogen and oxygen atoms in total. The van der Waals surface area contributed by atoms with Gasteiger partial charge >= 0.3 is 0 Å². The van der Waals surface area contributed by atoms with Gasteiger partial charge in [0, 0.05) is 19.1 Å². The van der Waals surface area contributed by atoms with Gasteiger partial charge in [0.05, 0.1) is 17.5 Å². The maximum absolute atomic E-state index is 13.4. The summed E-state index contributed by atoms with van der Waals surface area (Å²) in [4.78, 5) is 13.4. The minimum atomic E-state index is -1.40. The Balaban J connectivity index is 1.44. The fourth-order valence-corrected chi connectivity index (χ4v) is 6.41. The Hall–Kier alpha value is -0.910. The number of alkyl halides is 1. The number of hydrogen-bond donors (Lipinski definition) is 5. The van der Waals surface area contributed by atoms with Crippen molar-refractivity contribution in [3.05, 3.63) is 35.4 Å². The molecule has 3 fully saturated rings. The molecule has 0 saturated carbocycles. The van der Waals surface area contributed by atoms with Gasteiger partial charge in [-0.3, -0.25) is 4.79 Å². The number of carbonyl (C=O) groups is 1. The van der Waals surface area contributed by atoms with Gasteiger partial charge in [-0.15, -0.1) is 23.4 Å². The van der Waals surface area contributed by atoms with Gasteiger partial charge < -0.3 is 35.4 Å². The largest absolute Gasteiger partial charge is 0.388 e. The average molecular weight is 529 g/mol. The van der Waals surface area contributed by atoms with Gasteiger partial charge in [0.25, 0.3) is 0 Å². The van der Waals surface area contributed by atoms with Crippen LogP contribution < -0.4 is 10.6 Å². The normalized spacial score (nSPS) is 39.3. The number of fused-ring (bicyclic) bond motifs is 1. The standard InChI is InChI=1S/C25H37ClN2O6S/c1-12-4-6-14(7-5-12)15-8-9-33-22-16(10-15)11-27-18(22)24(32)28-17(13(2)26)23-20(30)19(29)21(31)25(34-23)35-3/h4-7,13,15-23,25,27,29-31H,8-11H2,1-3H3,(H,28,32)/t13-,15-,16-,17+,18-,19?,20?,21?,22+,23?,25?/m0/s1. The maximum atomic E-state index is 13.4. The molecule has 0 aromatic heterocycles. The van der Waals surface area contributed by atoms with Crippen molar-refractivity contribution in [3.63, 3.8) is 0 Å². The molecule has 10 heteroatoms. The second kappa shape index (κ2) is 11.6. The van der Waals surface area contributed by atoms with Crippen LogP contribution in [0.1, 0.15) is 36.8 Å². The molecule has 35 heavy (non-hydrogen) atoms. The number of rotatable bonds is 6. The predicted octanol–water partition coefficient (Wildman–Crippen LogP) is 1.13. The summed E-state index contributed by atoms with van der Waals surface area (Å²) in [5, 5.41) is 36.8. The topological polar surface area (TPSA) is 120 Å². The monoisotopic (exact) mass is 528 g/mol. The van der Waals surface area contributed by atoms with Crippen molar-refractivity contribution in [1.29, 1.82) is 0 Å². The highest BCUT2D eigenvalue weighted by Gasteiger charge is 2.49. The molecule has 5 N–H and O–H groups in total. The molecule has 3 aliphatic heterocycles. The summed E-state index contributed by atoms with van der Waals surface area (Å²) < 4.78 is 12.1. The quantitative estimate of drug-likeness (QED) is 0.349. The molecule has 3 heterocycles. The zero-order chi connectivity index (χ0) is 25.3. The van der Waals surface area contributed by atoms with Crippen LogP contribution in [0.25, 0.3) is 0 Å². The summed E-state index contributed by atoms with van der Waals surface area (Å²) in [5.74, 6) is 0.300. The number of aliphatic hydroxyl groups excluding tert-OH is 3. The molecule has 4 rings (SSSR count). The molecule has 3 saturated heterocycles. The third-order valence-electron chi connectivity index (χ3n) is 7.58. The van der Waals surface area contributed by atoms with Crippen LogP contribution >= 0.6 is 23.4 Å². The number of benzene rings is 1. The number of nitrogens with one attached hydrogen (secondary N) is 2. The van der Waals surface area contributed by atoms with Gasteiger partial charge in [0.15, 0.2) is 0 Å². The number of aryl methyl sites for hydroxylation is 1. The summed E-state index contributed by atoms with van der Waals surface area (Å²) in [6.07, 6.45) is -1.69. The first-order chi connectivity index (χ1) is 16.7. The van der Waals surface area contributed by atoms with Crippen molar-refractivity contribution >= 4 is 29.3 Å². The summed E-state index contributed by atoms with van der Waals surface area (Å²) in [7, 11) is 0. The van der Waals surface area contributed by atoms with Gasteiger partial charge in [0.1, 0.15) is 35.9 Å². The number of carbonyl (C=O) groups excluding carboxylic acids is 1. The first-order valence-electron chi connectivity index (χ1n) is 12.3. The predicted molar refractivity (Wildman–Crippen MR) is 136 cm³/mol. The van der Waals surface area contributed by atoms with E-state index in [0.29, 0.717) is 19.1 Å². The first-order valence-corrected chi connectivity index (χ1v) is 14.0. The van der Waals surface area contributed by atoms with E-state index < -0.39 is 47.3 Å². The zero-order valence-electron chi connectivity index (χ0n) is 20.3. The van der Waals surface area contributed by atoms with Crippen molar-refractivity contribution in [3.8, 4) is 0 Å². The number of amides is 1. The molecule has 0 radical (unpaired) electrons. The van der Waals surface area contributed by atoms with Crippen molar-refractivity contribution in [2.45, 2.75) is 86.0 Å². The smallest absolute Gasteiger partial charge is 0.240 e. The SMILES string of the molecule is CSC1OC([C@H](NC(=O)[C@H]2NC[C@@H]3C[C@@H](c4ccc(C)cc4)CCO[C@H]32)[C@H](C)Cl)C(O)C(O)C1O. The summed E-state index contributed by atoms with van der Waals surface area (Å²) in [5.41, 5.74) is 1.79. The highest BCUT2D eigenvalue weighted by Crippen LogP contribution is 2.36. The Labute approximate surface area is 216 Å². The second-order valence-corrected chi connectivity index (χ2v) is 11.6. The Kier molecular flexibility index (Phi) is 9.03. The molecule has 0 bridgehead atoms. The molecule has 196 valence electrons. The van der Waals surface area contributed by atoms with Crippen LogP contribution in [0.3, 0.4) is 0 Å². The highest BCUT2D eigenvalue weighted by molar-refractivity contribution is 7.99. The lowest BCUT2D eigenvalue weighted by Gasteiger charge is -2.44. The number of aliphatic hydroxyl groups is 3. The van der Waals surface area contributed by atoms with E-state index in [0.717, 1.165) is 12.8 Å². The second-order valence-electron chi connectivity index (χ2n) is 10.0. The van der Waals surface area contributed by atoms with Crippen molar-refractivity contribution in [1.82, 2.24) is 10.6 Å². The van der Waals surface area contributed by atoms with Crippen LogP contribution in [0.2, 0.25) is 0 Å². The Bertz CT molecular complexity index is 859. The van der Waals surface area contributed by atoms with Gasteiger partial charge in [-0.05, 0) is 44.4 Å². The highest BCUT2D eigenvalue weighted by atomic mass is 35.5. The molecular formula is C25H37ClN2O6S. The minimum absolute atomic E-state index is 0.195. The van der Waals surface area contributed by atoms with Crippen LogP contribution in [0.5, 0.6) is 0 Å². The lowest BCUT2D eigenvalue weighted by Crippen LogP contribution is -2.65. The molecule has 3 aliphatic rings. The van der Waals surface area contributed by atoms with Crippen LogP contribution in [-0.2, 0) is 14.3 Å². The van der Waals surface area contributed by atoms with E-state index in [9.17, 15) is 20.1 Å². The van der Waals surface area contributed by atoms with E-state index >= 15 is 0 Å². The fraction of sp³-hybridized carbons (Fsp3) is 0.720. The minimum Gasteiger partial charge on any atom is -0.388 e. The van der Waals surface area contributed by atoms with Crippen molar-refractivity contribution in [2.75, 3.05) is 19.4 Å². The van der Waals surface area contributed by atoms with Crippen molar-refractivity contribution < 1.29 is 29.6 Å². The van der Waals surface area contributed by atoms with E-state index in [1.807, 2.05) is 0 Å². The number of halogens is 1. The molecular weight excluding hydrogens is 492 g/mol. The van der Waals surface area contributed by atoms with Gasteiger partial charge in [-0.25, -0.2) is 0 Å². The number of hydrogen-bond acceptors (Lipinski definition) is 8. The molecule has 0 aliphatic carbocycles. The van der Waals surface area contributed by atoms with E-state index in [-0.39, 0.29) is 17.9 Å². The molecule has 5 unspecified atom stereocenters. The van der Waals surface area contributed by atoms with Crippen LogP contribution in [0, 0.1) is 12.8 Å². The van der Waals surface area contributed by atoms with Gasteiger partial charge in [-0.2, -0.15) is 0 Å². The van der Waals surface area contributed by atoms with E-state index in [2.05, 4.69) is 41.8 Å². The lowest BCUT2D eigenvalue weighted by atomic mass is 9.85. The molecule has 1 aromatic rings. The summed E-state index contributed by atoms with van der Waals surface area (Å²) in [6, 6.07) is 7.30. The van der Waals surface area contributed by atoms with Crippen LogP contribution in [0.15, 0.2) is 24.3 Å². The molecule has 0 spiro atoms. The molecule has 11 atom stereocenters. The number of thioether (sulfide) groups is 1. The Morgan fingerprint density at radius 3 is 2.57 bits per heavy atom. The van der Waals surface area contributed by atoms with E-state index in [4.69, 9.17) is 21.1 Å². The summed E-state index contributed by atoms with van der Waals surface area (Å²) in [6.45, 7) is 5.03. The van der Waals surface area contributed by atoms with Crippen LogP contribution in [-0.4, -0.2) is 94.1 Å². The molecule has 1 aromatic carbocycles. The first kappa shape index (κ1) is 27.1. The third-order valence-corrected chi connectivity index (χ3v) is 8.71. The Morgan fingerprint density at radius 1 is 1.20 bits per heavy atom. The lowest BCUT2D eigenvalue weighted by molar-refractivity contribution is -0.205.